The van der Waals surface area contributed by atoms with E-state index in [1.807, 2.05) is 13.0 Å². The fraction of sp³-hybridized carbons (Fsp3) is 0.667. The Morgan fingerprint density at radius 1 is 1.88 bits per heavy atom. The number of hydrogen-bond donors (Lipinski definition) is 2. The van der Waals surface area contributed by atoms with Crippen molar-refractivity contribution in [2.75, 3.05) is 0 Å². The van der Waals surface area contributed by atoms with Gasteiger partial charge in [0.05, 0.1) is 6.10 Å². The van der Waals surface area contributed by atoms with Gasteiger partial charge in [-0.25, -0.2) is 0 Å². The zero-order valence-corrected chi connectivity index (χ0v) is 4.96. The average Bonchev–Trinajstić information content (AvgIpc) is 1.82. The molecule has 0 fully saturated rings. The smallest absolute Gasteiger partial charge is 0.0742 e. The molecule has 46 valence electrons. The minimum atomic E-state index is -0.315. The van der Waals surface area contributed by atoms with Crippen molar-refractivity contribution < 1.29 is 5.11 Å². The van der Waals surface area contributed by atoms with Crippen LogP contribution in [0.3, 0.4) is 0 Å². The molecule has 0 aromatic carbocycles. The van der Waals surface area contributed by atoms with Crippen LogP contribution in [0.25, 0.3) is 0 Å². The van der Waals surface area contributed by atoms with Crippen LogP contribution in [0.2, 0.25) is 0 Å². The van der Waals surface area contributed by atoms with E-state index < -0.39 is 0 Å². The van der Waals surface area contributed by atoms with Crippen LogP contribution < -0.4 is 5.73 Å². The number of aliphatic hydroxyl groups is 1. The minimum absolute atomic E-state index is 0.264. The van der Waals surface area contributed by atoms with Gasteiger partial charge in [0.25, 0.3) is 0 Å². The van der Waals surface area contributed by atoms with Gasteiger partial charge >= 0.3 is 0 Å². The van der Waals surface area contributed by atoms with Gasteiger partial charge in [-0.05, 0) is 13.3 Å². The summed E-state index contributed by atoms with van der Waals surface area (Å²) in [4.78, 5) is 0. The molecule has 1 aliphatic carbocycles. The molecule has 0 heterocycles. The van der Waals surface area contributed by atoms with E-state index in [-0.39, 0.29) is 11.6 Å². The van der Waals surface area contributed by atoms with Gasteiger partial charge in [-0.15, -0.1) is 0 Å². The zero-order valence-electron chi connectivity index (χ0n) is 4.96. The van der Waals surface area contributed by atoms with Crippen LogP contribution >= 0.6 is 0 Å². The maximum atomic E-state index is 8.90. The molecule has 1 rings (SSSR count). The van der Waals surface area contributed by atoms with Gasteiger partial charge in [0.15, 0.2) is 0 Å². The van der Waals surface area contributed by atoms with Crippen molar-refractivity contribution in [1.82, 2.24) is 0 Å². The van der Waals surface area contributed by atoms with Gasteiger partial charge in [0, 0.05) is 5.54 Å². The predicted molar refractivity (Wildman–Crippen MR) is 32.4 cm³/mol. The first-order valence-electron chi connectivity index (χ1n) is 2.76. The Kier molecular flexibility index (Phi) is 1.14. The summed E-state index contributed by atoms with van der Waals surface area (Å²) in [5, 5.41) is 8.90. The van der Waals surface area contributed by atoms with Gasteiger partial charge in [-0.3, -0.25) is 0 Å². The summed E-state index contributed by atoms with van der Waals surface area (Å²) < 4.78 is 0. The van der Waals surface area contributed by atoms with Crippen molar-refractivity contribution in [2.24, 2.45) is 5.73 Å². The number of rotatable bonds is 0. The molecule has 3 N–H and O–H groups in total. The summed E-state index contributed by atoms with van der Waals surface area (Å²) >= 11 is 0. The maximum Gasteiger partial charge on any atom is 0.0742 e. The molecule has 2 nitrogen and oxygen atoms in total. The second-order valence-electron chi connectivity index (χ2n) is 2.64. The molecule has 0 bridgehead atoms. The fourth-order valence-corrected chi connectivity index (χ4v) is 0.918. The van der Waals surface area contributed by atoms with E-state index in [0.29, 0.717) is 6.42 Å². The molecule has 0 aromatic heterocycles. The van der Waals surface area contributed by atoms with Gasteiger partial charge in [0.1, 0.15) is 0 Å². The second kappa shape index (κ2) is 1.57. The molecule has 0 amide bonds. The van der Waals surface area contributed by atoms with Crippen LogP contribution in [0.4, 0.5) is 0 Å². The lowest BCUT2D eigenvalue weighted by Crippen LogP contribution is -2.32. The van der Waals surface area contributed by atoms with Crippen molar-refractivity contribution >= 4 is 0 Å². The summed E-state index contributed by atoms with van der Waals surface area (Å²) in [5.41, 5.74) is 5.36. The highest BCUT2D eigenvalue weighted by atomic mass is 16.3. The van der Waals surface area contributed by atoms with E-state index in [2.05, 4.69) is 0 Å². The molecule has 0 aliphatic heterocycles. The van der Waals surface area contributed by atoms with E-state index in [0.717, 1.165) is 0 Å². The molecule has 0 saturated heterocycles. The standard InChI is InChI=1S/C6H11NO/c1-6(7)3-2-5(8)4-6/h2-3,5,8H,4,7H2,1H3/t5?,6-/m1/s1. The van der Waals surface area contributed by atoms with Gasteiger partial charge < -0.3 is 10.8 Å². The van der Waals surface area contributed by atoms with Crippen LogP contribution in [-0.4, -0.2) is 16.7 Å². The van der Waals surface area contributed by atoms with E-state index >= 15 is 0 Å². The second-order valence-corrected chi connectivity index (χ2v) is 2.64. The van der Waals surface area contributed by atoms with Gasteiger partial charge in [0.2, 0.25) is 0 Å². The minimum Gasteiger partial charge on any atom is -0.389 e. The summed E-state index contributed by atoms with van der Waals surface area (Å²) in [7, 11) is 0. The zero-order chi connectivity index (χ0) is 6.20. The van der Waals surface area contributed by atoms with Gasteiger partial charge in [-0.1, -0.05) is 12.2 Å². The van der Waals surface area contributed by atoms with Gasteiger partial charge in [-0.2, -0.15) is 0 Å². The molecule has 1 unspecified atom stereocenters. The highest BCUT2D eigenvalue weighted by Crippen LogP contribution is 2.18. The third-order valence-electron chi connectivity index (χ3n) is 1.35. The Balaban J connectivity index is 2.58. The van der Waals surface area contributed by atoms with Crippen LogP contribution in [0, 0.1) is 0 Å². The molecule has 0 saturated carbocycles. The molecular weight excluding hydrogens is 102 g/mol. The Morgan fingerprint density at radius 3 is 2.62 bits per heavy atom. The SMILES string of the molecule is C[C@@]1(N)C=CC(O)C1. The third kappa shape index (κ3) is 1.08. The van der Waals surface area contributed by atoms with Crippen molar-refractivity contribution in [3.05, 3.63) is 12.2 Å². The first-order chi connectivity index (χ1) is 3.60. The molecule has 2 heteroatoms. The Morgan fingerprint density at radius 2 is 2.50 bits per heavy atom. The quantitative estimate of drug-likeness (QED) is 0.435. The van der Waals surface area contributed by atoms with Crippen LogP contribution in [0.5, 0.6) is 0 Å². The van der Waals surface area contributed by atoms with Crippen LogP contribution in [0.1, 0.15) is 13.3 Å². The lowest BCUT2D eigenvalue weighted by atomic mass is 10.0. The average molecular weight is 113 g/mol. The Labute approximate surface area is 49.0 Å². The Bertz CT molecular complexity index is 118. The monoisotopic (exact) mass is 113 g/mol. The summed E-state index contributed by atoms with van der Waals surface area (Å²) in [6, 6.07) is 0. The van der Waals surface area contributed by atoms with Crippen molar-refractivity contribution in [1.29, 1.82) is 0 Å². The van der Waals surface area contributed by atoms with Crippen molar-refractivity contribution in [2.45, 2.75) is 25.0 Å². The van der Waals surface area contributed by atoms with E-state index in [9.17, 15) is 0 Å². The van der Waals surface area contributed by atoms with E-state index in [1.54, 1.807) is 6.08 Å². The lowest BCUT2D eigenvalue weighted by Gasteiger charge is -2.14. The summed E-state index contributed by atoms with van der Waals surface area (Å²) in [5.74, 6) is 0. The summed E-state index contributed by atoms with van der Waals surface area (Å²) in [6.07, 6.45) is 3.93. The highest BCUT2D eigenvalue weighted by molar-refractivity contribution is 5.13. The topological polar surface area (TPSA) is 46.2 Å². The maximum absolute atomic E-state index is 8.90. The number of aliphatic hydroxyl groups excluding tert-OH is 1. The molecule has 1 aliphatic rings. The molecule has 0 aromatic rings. The molecule has 0 radical (unpaired) electrons. The predicted octanol–water partition coefficient (Wildman–Crippen LogP) is 0.0246. The van der Waals surface area contributed by atoms with Crippen LogP contribution in [-0.2, 0) is 0 Å². The fourth-order valence-electron chi connectivity index (χ4n) is 0.918. The Hall–Kier alpha value is -0.340. The largest absolute Gasteiger partial charge is 0.389 e. The molecular formula is C6H11NO. The first kappa shape index (κ1) is 5.79. The summed E-state index contributed by atoms with van der Waals surface area (Å²) in [6.45, 7) is 1.90. The van der Waals surface area contributed by atoms with E-state index in [4.69, 9.17) is 10.8 Å². The molecule has 2 atom stereocenters. The normalized spacial score (nSPS) is 45.6. The molecule has 0 spiro atoms. The molecule has 8 heavy (non-hydrogen) atoms. The lowest BCUT2D eigenvalue weighted by molar-refractivity contribution is 0.206. The first-order valence-corrected chi connectivity index (χ1v) is 2.76. The number of nitrogens with two attached hydrogens (primary N) is 1. The van der Waals surface area contributed by atoms with E-state index in [1.165, 1.54) is 0 Å². The van der Waals surface area contributed by atoms with Crippen molar-refractivity contribution in [3.8, 4) is 0 Å². The number of hydrogen-bond acceptors (Lipinski definition) is 2. The highest BCUT2D eigenvalue weighted by Gasteiger charge is 2.23. The third-order valence-corrected chi connectivity index (χ3v) is 1.35. The van der Waals surface area contributed by atoms with Crippen molar-refractivity contribution in [3.63, 3.8) is 0 Å². The van der Waals surface area contributed by atoms with Crippen LogP contribution in [0.15, 0.2) is 12.2 Å².